The van der Waals surface area contributed by atoms with Gasteiger partial charge in [0, 0.05) is 28.0 Å². The maximum Gasteiger partial charge on any atom is 0.135 e. The molecule has 0 bridgehead atoms. The summed E-state index contributed by atoms with van der Waals surface area (Å²) in [6, 6.07) is 75.2. The minimum absolute atomic E-state index is 0.883. The first-order valence-electron chi connectivity index (χ1n) is 17.7. The number of furan rings is 1. The number of para-hydroxylation sites is 2. The van der Waals surface area contributed by atoms with Gasteiger partial charge in [-0.1, -0.05) is 158 Å². The highest BCUT2D eigenvalue weighted by Gasteiger charge is 2.14. The number of fused-ring (bicyclic) bond motifs is 1. The average molecular weight is 666 g/mol. The average Bonchev–Trinajstić information content (AvgIpc) is 3.67. The molecule has 0 aliphatic carbocycles. The van der Waals surface area contributed by atoms with Crippen LogP contribution in [-0.4, -0.2) is 0 Å². The van der Waals surface area contributed by atoms with E-state index in [1.54, 1.807) is 0 Å². The van der Waals surface area contributed by atoms with Crippen molar-refractivity contribution in [1.29, 1.82) is 0 Å². The van der Waals surface area contributed by atoms with Crippen LogP contribution in [0.2, 0.25) is 0 Å². The Bertz CT molecular complexity index is 2530. The largest absolute Gasteiger partial charge is 0.456 e. The van der Waals surface area contributed by atoms with Crippen molar-refractivity contribution in [3.8, 4) is 55.8 Å². The third-order valence-corrected chi connectivity index (χ3v) is 9.71. The fourth-order valence-electron chi connectivity index (χ4n) is 6.95. The Labute approximate surface area is 304 Å². The smallest absolute Gasteiger partial charge is 0.135 e. The summed E-state index contributed by atoms with van der Waals surface area (Å²) in [5, 5.41) is 1.11. The van der Waals surface area contributed by atoms with Crippen molar-refractivity contribution in [2.75, 3.05) is 4.90 Å². The van der Waals surface area contributed by atoms with Crippen LogP contribution in [0.25, 0.3) is 66.8 Å². The summed E-state index contributed by atoms with van der Waals surface area (Å²) in [7, 11) is 0. The standard InChI is InChI=1S/C50H35NO/c1-3-10-36(11-4-1)37-18-20-38(21-19-37)40-26-30-47(31-27-40)51(46-15-5-2-6-16-46)48-32-28-41(29-33-48)39-22-24-42(25-23-39)43-13-9-14-44(34-43)50-35-45-12-7-8-17-49(45)52-50/h1-35H. The lowest BCUT2D eigenvalue weighted by atomic mass is 9.98. The van der Waals surface area contributed by atoms with Gasteiger partial charge < -0.3 is 9.32 Å². The molecule has 0 atom stereocenters. The quantitative estimate of drug-likeness (QED) is 0.161. The van der Waals surface area contributed by atoms with Gasteiger partial charge in [-0.2, -0.15) is 0 Å². The lowest BCUT2D eigenvalue weighted by Crippen LogP contribution is -2.09. The third-order valence-electron chi connectivity index (χ3n) is 9.71. The number of nitrogens with zero attached hydrogens (tertiary/aromatic N) is 1. The van der Waals surface area contributed by atoms with Gasteiger partial charge >= 0.3 is 0 Å². The topological polar surface area (TPSA) is 16.4 Å². The summed E-state index contributed by atoms with van der Waals surface area (Å²) in [6.45, 7) is 0. The summed E-state index contributed by atoms with van der Waals surface area (Å²) < 4.78 is 6.14. The summed E-state index contributed by atoms with van der Waals surface area (Å²) in [5.74, 6) is 0.883. The van der Waals surface area contributed by atoms with Crippen molar-refractivity contribution in [2.45, 2.75) is 0 Å². The highest BCUT2D eigenvalue weighted by Crippen LogP contribution is 2.37. The monoisotopic (exact) mass is 665 g/mol. The van der Waals surface area contributed by atoms with Gasteiger partial charge in [-0.05, 0) is 99.1 Å². The van der Waals surface area contributed by atoms with Crippen LogP contribution in [0.4, 0.5) is 17.1 Å². The molecule has 0 fully saturated rings. The van der Waals surface area contributed by atoms with Crippen molar-refractivity contribution in [3.05, 3.63) is 212 Å². The van der Waals surface area contributed by atoms with E-state index in [2.05, 4.69) is 199 Å². The van der Waals surface area contributed by atoms with Crippen LogP contribution in [0.5, 0.6) is 0 Å². The highest BCUT2D eigenvalue weighted by molar-refractivity contribution is 5.84. The van der Waals surface area contributed by atoms with E-state index >= 15 is 0 Å². The molecule has 8 aromatic carbocycles. The van der Waals surface area contributed by atoms with Crippen molar-refractivity contribution < 1.29 is 4.42 Å². The lowest BCUT2D eigenvalue weighted by molar-refractivity contribution is 0.631. The third kappa shape index (κ3) is 6.30. The van der Waals surface area contributed by atoms with E-state index in [-0.39, 0.29) is 0 Å². The SMILES string of the molecule is c1ccc(-c2ccc(-c3ccc(N(c4ccccc4)c4ccc(-c5ccc(-c6cccc(-c7cc8ccccc8o7)c6)cc5)cc4)cc3)cc2)cc1. The van der Waals surface area contributed by atoms with Crippen LogP contribution in [0.3, 0.4) is 0 Å². The molecule has 0 aliphatic rings. The molecule has 246 valence electrons. The van der Waals surface area contributed by atoms with Crippen molar-refractivity contribution in [3.63, 3.8) is 0 Å². The van der Waals surface area contributed by atoms with Crippen LogP contribution in [-0.2, 0) is 0 Å². The van der Waals surface area contributed by atoms with Crippen LogP contribution in [0, 0.1) is 0 Å². The summed E-state index contributed by atoms with van der Waals surface area (Å²) in [4.78, 5) is 2.31. The number of hydrogen-bond acceptors (Lipinski definition) is 2. The Balaban J connectivity index is 0.954. The Morgan fingerprint density at radius 1 is 0.269 bits per heavy atom. The molecule has 0 aliphatic heterocycles. The highest BCUT2D eigenvalue weighted by atomic mass is 16.3. The fourth-order valence-corrected chi connectivity index (χ4v) is 6.95. The maximum atomic E-state index is 6.14. The number of benzene rings is 8. The molecule has 0 spiro atoms. The predicted molar refractivity (Wildman–Crippen MR) is 218 cm³/mol. The molecule has 0 saturated carbocycles. The number of anilines is 3. The van der Waals surface area contributed by atoms with Crippen molar-refractivity contribution in [2.24, 2.45) is 0 Å². The van der Waals surface area contributed by atoms with Gasteiger partial charge in [0.05, 0.1) is 0 Å². The van der Waals surface area contributed by atoms with E-state index in [4.69, 9.17) is 4.42 Å². The minimum atomic E-state index is 0.883. The molecule has 2 nitrogen and oxygen atoms in total. The van der Waals surface area contributed by atoms with Crippen molar-refractivity contribution in [1.82, 2.24) is 0 Å². The zero-order valence-electron chi connectivity index (χ0n) is 28.6. The van der Waals surface area contributed by atoms with Gasteiger partial charge in [-0.3, -0.25) is 0 Å². The molecule has 2 heteroatoms. The van der Waals surface area contributed by atoms with Gasteiger partial charge in [-0.25, -0.2) is 0 Å². The van der Waals surface area contributed by atoms with Gasteiger partial charge in [0.15, 0.2) is 0 Å². The summed E-state index contributed by atoms with van der Waals surface area (Å²) in [6.07, 6.45) is 0. The minimum Gasteiger partial charge on any atom is -0.456 e. The van der Waals surface area contributed by atoms with E-state index in [1.807, 2.05) is 18.2 Å². The first kappa shape index (κ1) is 31.1. The van der Waals surface area contributed by atoms with E-state index in [0.29, 0.717) is 0 Å². The molecular weight excluding hydrogens is 631 g/mol. The molecule has 0 saturated heterocycles. The second kappa shape index (κ2) is 13.8. The van der Waals surface area contributed by atoms with Gasteiger partial charge in [0.2, 0.25) is 0 Å². The first-order chi connectivity index (χ1) is 25.7. The normalized spacial score (nSPS) is 11.1. The zero-order chi connectivity index (χ0) is 34.7. The molecule has 1 heterocycles. The maximum absolute atomic E-state index is 6.14. The molecule has 0 N–H and O–H groups in total. The molecule has 1 aromatic heterocycles. The molecule has 52 heavy (non-hydrogen) atoms. The fraction of sp³-hybridized carbons (Fsp3) is 0. The Morgan fingerprint density at radius 3 is 1.19 bits per heavy atom. The number of rotatable bonds is 8. The van der Waals surface area contributed by atoms with E-state index in [1.165, 1.54) is 38.9 Å². The van der Waals surface area contributed by atoms with Gasteiger partial charge in [0.25, 0.3) is 0 Å². The second-order valence-corrected chi connectivity index (χ2v) is 13.0. The van der Waals surface area contributed by atoms with E-state index in [9.17, 15) is 0 Å². The molecule has 9 aromatic rings. The van der Waals surface area contributed by atoms with Gasteiger partial charge in [0.1, 0.15) is 11.3 Å². The van der Waals surface area contributed by atoms with Crippen LogP contribution >= 0.6 is 0 Å². The van der Waals surface area contributed by atoms with E-state index in [0.717, 1.165) is 44.9 Å². The van der Waals surface area contributed by atoms with E-state index < -0.39 is 0 Å². The van der Waals surface area contributed by atoms with Crippen molar-refractivity contribution >= 4 is 28.0 Å². The zero-order valence-corrected chi connectivity index (χ0v) is 28.6. The van der Waals surface area contributed by atoms with Crippen LogP contribution in [0.15, 0.2) is 217 Å². The molecular formula is C50H35NO. The van der Waals surface area contributed by atoms with Crippen LogP contribution < -0.4 is 4.90 Å². The Kier molecular flexibility index (Phi) is 8.24. The second-order valence-electron chi connectivity index (χ2n) is 13.0. The first-order valence-corrected chi connectivity index (χ1v) is 17.7. The summed E-state index contributed by atoms with van der Waals surface area (Å²) in [5.41, 5.74) is 14.8. The predicted octanol–water partition coefficient (Wildman–Crippen LogP) is 14.2. The lowest BCUT2D eigenvalue weighted by Gasteiger charge is -2.26. The Hall–Kier alpha value is -6.90. The molecule has 9 rings (SSSR count). The molecule has 0 unspecified atom stereocenters. The number of hydrogen-bond donors (Lipinski definition) is 0. The van der Waals surface area contributed by atoms with Crippen LogP contribution in [0.1, 0.15) is 0 Å². The summed E-state index contributed by atoms with van der Waals surface area (Å²) >= 11 is 0. The van der Waals surface area contributed by atoms with Gasteiger partial charge in [-0.15, -0.1) is 0 Å². The molecule has 0 amide bonds. The molecule has 0 radical (unpaired) electrons. The Morgan fingerprint density at radius 2 is 0.654 bits per heavy atom.